The predicted molar refractivity (Wildman–Crippen MR) is 94.3 cm³/mol. The molecule has 1 amide bonds. The molecule has 1 aliphatic heterocycles. The Balaban J connectivity index is 1.86. The van der Waals surface area contributed by atoms with Gasteiger partial charge in [-0.1, -0.05) is 17.7 Å². The van der Waals surface area contributed by atoms with Crippen LogP contribution in [0.4, 0.5) is 22.0 Å². The Hall–Kier alpha value is -3.02. The molecular formula is C18H17F5N4O3. The standard InChI is InChI=1S/C18H17F5N4O3/c1-10-3-5-12(6-4-10)26-15(7-13(25-26)18(21,22)23)30-9-14(28)27-17(29,16(19)20)8-11(2)24-27/h3-7,16,29H,8-9H2,1-2H3/t17-/m1/s1. The summed E-state index contributed by atoms with van der Waals surface area (Å²) < 4.78 is 71.8. The maximum Gasteiger partial charge on any atom is 0.435 e. The number of aliphatic hydroxyl groups is 1. The third kappa shape index (κ3) is 4.13. The number of carbonyl (C=O) groups is 1. The highest BCUT2D eigenvalue weighted by atomic mass is 19.4. The molecule has 0 saturated heterocycles. The molecule has 0 radical (unpaired) electrons. The number of aromatic nitrogens is 2. The highest BCUT2D eigenvalue weighted by Gasteiger charge is 2.51. The van der Waals surface area contributed by atoms with Crippen LogP contribution in [0.3, 0.4) is 0 Å². The molecule has 3 rings (SSSR count). The van der Waals surface area contributed by atoms with Crippen molar-refractivity contribution in [3.05, 3.63) is 41.6 Å². The Morgan fingerprint density at radius 2 is 1.90 bits per heavy atom. The molecule has 30 heavy (non-hydrogen) atoms. The predicted octanol–water partition coefficient (Wildman–Crippen LogP) is 3.14. The molecule has 0 saturated carbocycles. The molecule has 7 nitrogen and oxygen atoms in total. The number of aryl methyl sites for hydroxylation is 1. The van der Waals surface area contributed by atoms with E-state index in [4.69, 9.17) is 4.74 Å². The number of hydrogen-bond acceptors (Lipinski definition) is 5. The van der Waals surface area contributed by atoms with E-state index < -0.39 is 48.8 Å². The second kappa shape index (κ2) is 7.67. The van der Waals surface area contributed by atoms with Gasteiger partial charge in [0.15, 0.2) is 12.3 Å². The van der Waals surface area contributed by atoms with Crippen molar-refractivity contribution in [2.24, 2.45) is 5.10 Å². The molecule has 1 aliphatic rings. The molecule has 1 atom stereocenters. The summed E-state index contributed by atoms with van der Waals surface area (Å²) in [5, 5.41) is 17.3. The zero-order valence-corrected chi connectivity index (χ0v) is 15.8. The number of amides is 1. The lowest BCUT2D eigenvalue weighted by Gasteiger charge is -2.29. The van der Waals surface area contributed by atoms with E-state index in [0.29, 0.717) is 6.07 Å². The Labute approximate surface area is 167 Å². The van der Waals surface area contributed by atoms with Gasteiger partial charge in [0.25, 0.3) is 12.3 Å². The Kier molecular flexibility index (Phi) is 5.54. The zero-order valence-electron chi connectivity index (χ0n) is 15.8. The maximum atomic E-state index is 13.2. The second-order valence-corrected chi connectivity index (χ2v) is 6.80. The first kappa shape index (κ1) is 21.7. The van der Waals surface area contributed by atoms with Crippen LogP contribution >= 0.6 is 0 Å². The topological polar surface area (TPSA) is 80.0 Å². The number of rotatable bonds is 5. The highest BCUT2D eigenvalue weighted by Crippen LogP contribution is 2.33. The number of alkyl halides is 5. The molecular weight excluding hydrogens is 415 g/mol. The zero-order chi connectivity index (χ0) is 22.3. The molecule has 12 heteroatoms. The van der Waals surface area contributed by atoms with Crippen LogP contribution < -0.4 is 4.74 Å². The summed E-state index contributed by atoms with van der Waals surface area (Å²) in [7, 11) is 0. The number of benzene rings is 1. The van der Waals surface area contributed by atoms with Crippen molar-refractivity contribution < 1.29 is 36.6 Å². The van der Waals surface area contributed by atoms with E-state index in [2.05, 4.69) is 10.2 Å². The van der Waals surface area contributed by atoms with Gasteiger partial charge in [0.1, 0.15) is 0 Å². The van der Waals surface area contributed by atoms with Gasteiger partial charge in [-0.2, -0.15) is 28.4 Å². The van der Waals surface area contributed by atoms with Gasteiger partial charge in [-0.25, -0.2) is 13.5 Å². The smallest absolute Gasteiger partial charge is 0.435 e. The fourth-order valence-corrected chi connectivity index (χ4v) is 2.86. The van der Waals surface area contributed by atoms with E-state index in [9.17, 15) is 31.9 Å². The fraction of sp³-hybridized carbons (Fsp3) is 0.389. The van der Waals surface area contributed by atoms with Crippen molar-refractivity contribution in [1.82, 2.24) is 14.8 Å². The number of halogens is 5. The van der Waals surface area contributed by atoms with Crippen LogP contribution in [0.2, 0.25) is 0 Å². The van der Waals surface area contributed by atoms with Crippen LogP contribution in [-0.4, -0.2) is 50.3 Å². The average molecular weight is 432 g/mol. The first-order valence-electron chi connectivity index (χ1n) is 8.66. The van der Waals surface area contributed by atoms with Crippen molar-refractivity contribution in [3.63, 3.8) is 0 Å². The van der Waals surface area contributed by atoms with Crippen LogP contribution in [0.15, 0.2) is 35.4 Å². The number of hydrazone groups is 1. The van der Waals surface area contributed by atoms with Crippen molar-refractivity contribution in [2.75, 3.05) is 6.61 Å². The van der Waals surface area contributed by atoms with Gasteiger partial charge in [-0.05, 0) is 26.0 Å². The molecule has 0 fully saturated rings. The van der Waals surface area contributed by atoms with Crippen LogP contribution in [0.1, 0.15) is 24.6 Å². The summed E-state index contributed by atoms with van der Waals surface area (Å²) in [4.78, 5) is 12.3. The van der Waals surface area contributed by atoms with Gasteiger partial charge in [-0.15, -0.1) is 0 Å². The minimum absolute atomic E-state index is 0.0928. The van der Waals surface area contributed by atoms with Crippen LogP contribution in [0, 0.1) is 6.92 Å². The van der Waals surface area contributed by atoms with E-state index in [1.165, 1.54) is 19.1 Å². The molecule has 0 bridgehead atoms. The maximum absolute atomic E-state index is 13.2. The van der Waals surface area contributed by atoms with Gasteiger partial charge < -0.3 is 9.84 Å². The summed E-state index contributed by atoms with van der Waals surface area (Å²) in [5.41, 5.74) is -2.91. The Bertz CT molecular complexity index is 971. The van der Waals surface area contributed by atoms with E-state index in [0.717, 1.165) is 10.2 Å². The van der Waals surface area contributed by atoms with Gasteiger partial charge in [0.2, 0.25) is 11.6 Å². The average Bonchev–Trinajstić information content (AvgIpc) is 3.22. The SMILES string of the molecule is CC1=NN(C(=O)COc2cc(C(F)(F)F)nn2-c2ccc(C)cc2)[C@](O)(C(F)F)C1. The monoisotopic (exact) mass is 432 g/mol. The van der Waals surface area contributed by atoms with Gasteiger partial charge >= 0.3 is 6.18 Å². The van der Waals surface area contributed by atoms with E-state index >= 15 is 0 Å². The molecule has 0 aliphatic carbocycles. The molecule has 162 valence electrons. The summed E-state index contributed by atoms with van der Waals surface area (Å²) in [6.45, 7) is 2.19. The summed E-state index contributed by atoms with van der Waals surface area (Å²) in [6.07, 6.45) is -8.64. The van der Waals surface area contributed by atoms with Crippen LogP contribution in [0.25, 0.3) is 5.69 Å². The third-order valence-corrected chi connectivity index (χ3v) is 4.33. The molecule has 0 unspecified atom stereocenters. The van der Waals surface area contributed by atoms with Crippen molar-refractivity contribution in [2.45, 2.75) is 38.6 Å². The van der Waals surface area contributed by atoms with Gasteiger partial charge in [-0.3, -0.25) is 4.79 Å². The minimum atomic E-state index is -4.77. The fourth-order valence-electron chi connectivity index (χ4n) is 2.86. The molecule has 0 spiro atoms. The largest absolute Gasteiger partial charge is 0.467 e. The minimum Gasteiger partial charge on any atom is -0.467 e. The first-order valence-corrected chi connectivity index (χ1v) is 8.66. The Morgan fingerprint density at radius 1 is 1.27 bits per heavy atom. The number of hydrogen-bond donors (Lipinski definition) is 1. The van der Waals surface area contributed by atoms with Gasteiger partial charge in [0.05, 0.1) is 5.69 Å². The number of ether oxygens (including phenoxy) is 1. The lowest BCUT2D eigenvalue weighted by molar-refractivity contribution is -0.193. The second-order valence-electron chi connectivity index (χ2n) is 6.80. The van der Waals surface area contributed by atoms with Crippen LogP contribution in [-0.2, 0) is 11.0 Å². The van der Waals surface area contributed by atoms with E-state index in [1.54, 1.807) is 19.1 Å². The van der Waals surface area contributed by atoms with E-state index in [1.807, 2.05) is 0 Å². The lowest BCUT2D eigenvalue weighted by Crippen LogP contribution is -2.52. The van der Waals surface area contributed by atoms with Crippen LogP contribution in [0.5, 0.6) is 5.88 Å². The number of nitrogens with zero attached hydrogens (tertiary/aromatic N) is 4. The highest BCUT2D eigenvalue weighted by molar-refractivity contribution is 5.89. The summed E-state index contributed by atoms with van der Waals surface area (Å²) in [6, 6.07) is 6.87. The molecule has 1 N–H and O–H groups in total. The molecule has 2 heterocycles. The first-order chi connectivity index (χ1) is 13.9. The number of carbonyl (C=O) groups excluding carboxylic acids is 1. The van der Waals surface area contributed by atoms with Crippen molar-refractivity contribution in [3.8, 4) is 11.6 Å². The summed E-state index contributed by atoms with van der Waals surface area (Å²) >= 11 is 0. The third-order valence-electron chi connectivity index (χ3n) is 4.33. The Morgan fingerprint density at radius 3 is 2.47 bits per heavy atom. The van der Waals surface area contributed by atoms with Gasteiger partial charge in [0, 0.05) is 18.2 Å². The van der Waals surface area contributed by atoms with Crippen molar-refractivity contribution in [1.29, 1.82) is 0 Å². The lowest BCUT2D eigenvalue weighted by atomic mass is 10.1. The van der Waals surface area contributed by atoms with Crippen molar-refractivity contribution >= 4 is 11.6 Å². The quantitative estimate of drug-likeness (QED) is 0.737. The normalized spacial score (nSPS) is 19.4. The summed E-state index contributed by atoms with van der Waals surface area (Å²) in [5.74, 6) is -1.58. The molecule has 1 aromatic heterocycles. The molecule has 2 aromatic rings. The molecule has 1 aromatic carbocycles. The van der Waals surface area contributed by atoms with E-state index in [-0.39, 0.29) is 16.4 Å².